The normalized spacial score (nSPS) is 14.9. The van der Waals surface area contributed by atoms with Crippen molar-refractivity contribution in [3.05, 3.63) is 47.0 Å². The largest absolute Gasteiger partial charge is 0.449 e. The van der Waals surface area contributed by atoms with Crippen LogP contribution in [0.3, 0.4) is 0 Å². The number of amides is 1. The predicted molar refractivity (Wildman–Crippen MR) is 90.2 cm³/mol. The number of carbonyl (C=O) groups excluding carboxylic acids is 2. The molecule has 5 nitrogen and oxygen atoms in total. The molecule has 0 bridgehead atoms. The van der Waals surface area contributed by atoms with Crippen molar-refractivity contribution in [1.82, 2.24) is 5.32 Å². The van der Waals surface area contributed by atoms with Gasteiger partial charge in [-0.15, -0.1) is 0 Å². The summed E-state index contributed by atoms with van der Waals surface area (Å²) in [6, 6.07) is 8.09. The molecule has 1 N–H and O–H groups in total. The van der Waals surface area contributed by atoms with Crippen molar-refractivity contribution >= 4 is 11.9 Å². The molecular formula is C19H22N2O3. The maximum atomic E-state index is 12.0. The van der Waals surface area contributed by atoms with E-state index < -0.39 is 12.1 Å². The summed E-state index contributed by atoms with van der Waals surface area (Å²) in [6.45, 7) is 2.11. The van der Waals surface area contributed by atoms with Crippen molar-refractivity contribution in [2.75, 3.05) is 6.54 Å². The van der Waals surface area contributed by atoms with Crippen LogP contribution in [0, 0.1) is 11.3 Å². The van der Waals surface area contributed by atoms with Gasteiger partial charge < -0.3 is 10.1 Å². The van der Waals surface area contributed by atoms with Crippen LogP contribution in [-0.2, 0) is 9.53 Å². The Balaban J connectivity index is 1.76. The van der Waals surface area contributed by atoms with Crippen molar-refractivity contribution in [2.45, 2.75) is 45.1 Å². The van der Waals surface area contributed by atoms with Crippen LogP contribution in [0.25, 0.3) is 0 Å². The molecule has 2 rings (SSSR count). The van der Waals surface area contributed by atoms with E-state index in [2.05, 4.69) is 11.4 Å². The standard InChI is InChI=1S/C19H22N2O3/c1-14(18(22)21-12-11-15-5-3-2-4-6-15)24-19(23)17-9-7-16(13-20)8-10-17/h5,7-10,14H,2-4,6,11-12H2,1H3,(H,21,22)/t14-/m0/s1. The third kappa shape index (κ3) is 5.24. The fraction of sp³-hybridized carbons (Fsp3) is 0.421. The highest BCUT2D eigenvalue weighted by molar-refractivity contribution is 5.92. The van der Waals surface area contributed by atoms with Crippen LogP contribution in [0.2, 0.25) is 0 Å². The summed E-state index contributed by atoms with van der Waals surface area (Å²) in [5.41, 5.74) is 2.18. The summed E-state index contributed by atoms with van der Waals surface area (Å²) in [5, 5.41) is 11.5. The quantitative estimate of drug-likeness (QED) is 0.643. The maximum absolute atomic E-state index is 12.0. The fourth-order valence-corrected chi connectivity index (χ4v) is 2.58. The Bertz CT molecular complexity index is 656. The zero-order chi connectivity index (χ0) is 17.4. The van der Waals surface area contributed by atoms with E-state index in [9.17, 15) is 9.59 Å². The molecule has 0 radical (unpaired) electrons. The van der Waals surface area contributed by atoms with Crippen molar-refractivity contribution in [3.8, 4) is 6.07 Å². The van der Waals surface area contributed by atoms with Crippen LogP contribution in [0.15, 0.2) is 35.9 Å². The highest BCUT2D eigenvalue weighted by atomic mass is 16.5. The highest BCUT2D eigenvalue weighted by Gasteiger charge is 2.18. The molecule has 1 atom stereocenters. The summed E-state index contributed by atoms with van der Waals surface area (Å²) in [6.07, 6.45) is 6.96. The number of hydrogen-bond donors (Lipinski definition) is 1. The van der Waals surface area contributed by atoms with Gasteiger partial charge >= 0.3 is 5.97 Å². The molecule has 24 heavy (non-hydrogen) atoms. The minimum Gasteiger partial charge on any atom is -0.449 e. The van der Waals surface area contributed by atoms with Crippen LogP contribution in [0.5, 0.6) is 0 Å². The van der Waals surface area contributed by atoms with Gasteiger partial charge in [-0.3, -0.25) is 4.79 Å². The number of nitriles is 1. The summed E-state index contributed by atoms with van der Waals surface area (Å²) in [4.78, 5) is 24.0. The topological polar surface area (TPSA) is 79.2 Å². The van der Waals surface area contributed by atoms with Crippen molar-refractivity contribution < 1.29 is 14.3 Å². The van der Waals surface area contributed by atoms with E-state index in [0.717, 1.165) is 19.3 Å². The molecule has 1 aromatic carbocycles. The van der Waals surface area contributed by atoms with E-state index in [0.29, 0.717) is 17.7 Å². The second-order valence-electron chi connectivity index (χ2n) is 5.89. The molecule has 126 valence electrons. The molecule has 0 saturated carbocycles. The SMILES string of the molecule is C[C@H](OC(=O)c1ccc(C#N)cc1)C(=O)NCCC1=CCCCC1. The number of esters is 1. The molecule has 0 unspecified atom stereocenters. The van der Waals surface area contributed by atoms with Gasteiger partial charge in [0.15, 0.2) is 6.10 Å². The Morgan fingerprint density at radius 2 is 2.04 bits per heavy atom. The van der Waals surface area contributed by atoms with Gasteiger partial charge in [-0.1, -0.05) is 11.6 Å². The van der Waals surface area contributed by atoms with Gasteiger partial charge in [0.25, 0.3) is 5.91 Å². The number of nitrogens with one attached hydrogen (secondary N) is 1. The lowest BCUT2D eigenvalue weighted by Gasteiger charge is -2.15. The van der Waals surface area contributed by atoms with E-state index in [1.807, 2.05) is 6.07 Å². The number of nitrogens with zero attached hydrogens (tertiary/aromatic N) is 1. The number of benzene rings is 1. The Morgan fingerprint density at radius 1 is 1.29 bits per heavy atom. The summed E-state index contributed by atoms with van der Waals surface area (Å²) in [5.74, 6) is -0.870. The Morgan fingerprint density at radius 3 is 2.67 bits per heavy atom. The first-order chi connectivity index (χ1) is 11.6. The van der Waals surface area contributed by atoms with Crippen LogP contribution in [-0.4, -0.2) is 24.5 Å². The molecule has 1 aliphatic rings. The molecule has 0 fully saturated rings. The molecule has 0 aliphatic heterocycles. The van der Waals surface area contributed by atoms with Crippen molar-refractivity contribution in [1.29, 1.82) is 5.26 Å². The van der Waals surface area contributed by atoms with Crippen LogP contribution < -0.4 is 5.32 Å². The van der Waals surface area contributed by atoms with Gasteiger partial charge in [-0.05, 0) is 63.3 Å². The van der Waals surface area contributed by atoms with Crippen molar-refractivity contribution in [3.63, 3.8) is 0 Å². The summed E-state index contributed by atoms with van der Waals surface area (Å²) >= 11 is 0. The number of hydrogen-bond acceptors (Lipinski definition) is 4. The monoisotopic (exact) mass is 326 g/mol. The molecule has 0 saturated heterocycles. The lowest BCUT2D eigenvalue weighted by molar-refractivity contribution is -0.129. The minimum absolute atomic E-state index is 0.298. The zero-order valence-corrected chi connectivity index (χ0v) is 13.9. The Kier molecular flexibility index (Phi) is 6.56. The van der Waals surface area contributed by atoms with Gasteiger partial charge in [0.05, 0.1) is 17.2 Å². The third-order valence-electron chi connectivity index (χ3n) is 4.03. The van der Waals surface area contributed by atoms with Crippen LogP contribution in [0.4, 0.5) is 0 Å². The van der Waals surface area contributed by atoms with E-state index >= 15 is 0 Å². The highest BCUT2D eigenvalue weighted by Crippen LogP contribution is 2.19. The molecule has 0 aromatic heterocycles. The van der Waals surface area contributed by atoms with Gasteiger partial charge in [0.1, 0.15) is 0 Å². The molecule has 1 amide bonds. The molecule has 1 aliphatic carbocycles. The average Bonchev–Trinajstić information content (AvgIpc) is 2.62. The first-order valence-corrected chi connectivity index (χ1v) is 8.27. The molecular weight excluding hydrogens is 304 g/mol. The Labute approximate surface area is 142 Å². The number of ether oxygens (including phenoxy) is 1. The van der Waals surface area contributed by atoms with E-state index in [1.165, 1.54) is 30.5 Å². The second kappa shape index (κ2) is 8.88. The number of rotatable bonds is 6. The summed E-state index contributed by atoms with van der Waals surface area (Å²) in [7, 11) is 0. The lowest BCUT2D eigenvalue weighted by atomic mass is 9.97. The van der Waals surface area contributed by atoms with Gasteiger partial charge in [0.2, 0.25) is 0 Å². The number of carbonyl (C=O) groups is 2. The summed E-state index contributed by atoms with van der Waals surface area (Å²) < 4.78 is 5.17. The molecule has 1 aromatic rings. The first-order valence-electron chi connectivity index (χ1n) is 8.27. The minimum atomic E-state index is -0.853. The Hall–Kier alpha value is -2.61. The van der Waals surface area contributed by atoms with Gasteiger partial charge in [-0.2, -0.15) is 5.26 Å². The smallest absolute Gasteiger partial charge is 0.338 e. The first kappa shape index (κ1) is 17.7. The maximum Gasteiger partial charge on any atom is 0.338 e. The van der Waals surface area contributed by atoms with Gasteiger partial charge in [0, 0.05) is 6.54 Å². The predicted octanol–water partition coefficient (Wildman–Crippen LogP) is 3.11. The van der Waals surface area contributed by atoms with Crippen LogP contribution in [0.1, 0.15) is 54.9 Å². The average molecular weight is 326 g/mol. The van der Waals surface area contributed by atoms with Gasteiger partial charge in [-0.25, -0.2) is 4.79 Å². The van der Waals surface area contributed by atoms with Crippen molar-refractivity contribution in [2.24, 2.45) is 0 Å². The van der Waals surface area contributed by atoms with E-state index in [1.54, 1.807) is 19.1 Å². The number of allylic oxidation sites excluding steroid dienone is 1. The third-order valence-corrected chi connectivity index (χ3v) is 4.03. The van der Waals surface area contributed by atoms with E-state index in [4.69, 9.17) is 10.00 Å². The fourth-order valence-electron chi connectivity index (χ4n) is 2.58. The van der Waals surface area contributed by atoms with E-state index in [-0.39, 0.29) is 5.91 Å². The molecule has 0 spiro atoms. The lowest BCUT2D eigenvalue weighted by Crippen LogP contribution is -2.36. The zero-order valence-electron chi connectivity index (χ0n) is 13.9. The molecule has 5 heteroatoms. The van der Waals surface area contributed by atoms with Crippen LogP contribution >= 0.6 is 0 Å². The second-order valence-corrected chi connectivity index (χ2v) is 5.89. The molecule has 0 heterocycles.